The molecule has 17 heavy (non-hydrogen) atoms. The van der Waals surface area contributed by atoms with Gasteiger partial charge in [-0.15, -0.1) is 0 Å². The molecule has 0 heterocycles. The Morgan fingerprint density at radius 3 is 2.12 bits per heavy atom. The van der Waals surface area contributed by atoms with Gasteiger partial charge in [0.15, 0.2) is 11.5 Å². The van der Waals surface area contributed by atoms with Crippen molar-refractivity contribution in [1.29, 1.82) is 0 Å². The van der Waals surface area contributed by atoms with Crippen molar-refractivity contribution >= 4 is 0 Å². The summed E-state index contributed by atoms with van der Waals surface area (Å²) in [6.45, 7) is 0. The van der Waals surface area contributed by atoms with E-state index in [1.807, 2.05) is 0 Å². The average Bonchev–Trinajstić information content (AvgIpc) is 2.27. The minimum Gasteiger partial charge on any atom is -0.502 e. The van der Waals surface area contributed by atoms with Crippen molar-refractivity contribution in [2.24, 2.45) is 11.7 Å². The molecule has 3 N–H and O–H groups in total. The van der Waals surface area contributed by atoms with E-state index in [4.69, 9.17) is 15.2 Å². The van der Waals surface area contributed by atoms with Crippen LogP contribution >= 0.6 is 0 Å². The van der Waals surface area contributed by atoms with E-state index in [-0.39, 0.29) is 11.8 Å². The fourth-order valence-electron chi connectivity index (χ4n) is 2.18. The normalized spacial score (nSPS) is 17.4. The first-order chi connectivity index (χ1) is 8.17. The van der Waals surface area contributed by atoms with Gasteiger partial charge in [-0.3, -0.25) is 0 Å². The average molecular weight is 237 g/mol. The second-order valence-corrected chi connectivity index (χ2v) is 4.49. The lowest BCUT2D eigenvalue weighted by atomic mass is 9.77. The third kappa shape index (κ3) is 2.17. The second-order valence-electron chi connectivity index (χ2n) is 4.49. The van der Waals surface area contributed by atoms with Gasteiger partial charge in [0.25, 0.3) is 0 Å². The van der Waals surface area contributed by atoms with Crippen LogP contribution in [-0.2, 0) is 0 Å². The number of hydrogen-bond donors (Lipinski definition) is 2. The first-order valence-electron chi connectivity index (χ1n) is 5.87. The van der Waals surface area contributed by atoms with Crippen molar-refractivity contribution in [2.75, 3.05) is 14.2 Å². The summed E-state index contributed by atoms with van der Waals surface area (Å²) in [5.74, 6) is 1.39. The smallest absolute Gasteiger partial charge is 0.200 e. The number of aromatic hydroxyl groups is 1. The first kappa shape index (κ1) is 12.0. The lowest BCUT2D eigenvalue weighted by Gasteiger charge is -2.31. The van der Waals surface area contributed by atoms with E-state index in [1.54, 1.807) is 12.1 Å². The molecule has 1 aliphatic rings. The standard InChI is InChI=1S/C13H19NO3/c1-16-10-6-9(7-11(17-2)13(10)15)12(14)8-4-3-5-8/h6-8,12,15H,3-5,14H2,1-2H3/t12-/m1/s1. The zero-order chi connectivity index (χ0) is 12.4. The lowest BCUT2D eigenvalue weighted by molar-refractivity contribution is 0.262. The van der Waals surface area contributed by atoms with Crippen LogP contribution in [0.25, 0.3) is 0 Å². The fraction of sp³-hybridized carbons (Fsp3) is 0.538. The summed E-state index contributed by atoms with van der Waals surface area (Å²) in [7, 11) is 3.04. The Balaban J connectivity index is 2.32. The molecular weight excluding hydrogens is 218 g/mol. The van der Waals surface area contributed by atoms with E-state index in [9.17, 15) is 5.11 Å². The van der Waals surface area contributed by atoms with Gasteiger partial charge in [-0.2, -0.15) is 0 Å². The van der Waals surface area contributed by atoms with Crippen LogP contribution in [0.2, 0.25) is 0 Å². The van der Waals surface area contributed by atoms with Gasteiger partial charge < -0.3 is 20.3 Å². The Hall–Kier alpha value is -1.42. The van der Waals surface area contributed by atoms with Crippen LogP contribution < -0.4 is 15.2 Å². The van der Waals surface area contributed by atoms with E-state index in [0.717, 1.165) is 5.56 Å². The van der Waals surface area contributed by atoms with Gasteiger partial charge in [0.2, 0.25) is 5.75 Å². The zero-order valence-corrected chi connectivity index (χ0v) is 10.3. The SMILES string of the molecule is COc1cc([C@H](N)C2CCC2)cc(OC)c1O. The van der Waals surface area contributed by atoms with Gasteiger partial charge in [0.1, 0.15) is 0 Å². The molecule has 0 amide bonds. The number of hydrogen-bond acceptors (Lipinski definition) is 4. The van der Waals surface area contributed by atoms with Crippen LogP contribution in [-0.4, -0.2) is 19.3 Å². The third-order valence-electron chi connectivity index (χ3n) is 3.54. The molecule has 0 bridgehead atoms. The minimum atomic E-state index is -0.00727. The maximum atomic E-state index is 9.81. The van der Waals surface area contributed by atoms with Gasteiger partial charge >= 0.3 is 0 Å². The molecule has 1 aromatic carbocycles. The lowest BCUT2D eigenvalue weighted by Crippen LogP contribution is -2.26. The van der Waals surface area contributed by atoms with Gasteiger partial charge in [-0.1, -0.05) is 6.42 Å². The monoisotopic (exact) mass is 237 g/mol. The molecule has 0 saturated heterocycles. The molecule has 0 spiro atoms. The molecule has 0 aromatic heterocycles. The number of methoxy groups -OCH3 is 2. The van der Waals surface area contributed by atoms with E-state index in [0.29, 0.717) is 17.4 Å². The highest BCUT2D eigenvalue weighted by Crippen LogP contribution is 2.42. The van der Waals surface area contributed by atoms with Crippen LogP contribution in [0.5, 0.6) is 17.2 Å². The Labute approximate surface area is 101 Å². The van der Waals surface area contributed by atoms with Crippen molar-refractivity contribution < 1.29 is 14.6 Å². The predicted molar refractivity (Wildman–Crippen MR) is 65.5 cm³/mol. The van der Waals surface area contributed by atoms with Crippen LogP contribution in [0.15, 0.2) is 12.1 Å². The van der Waals surface area contributed by atoms with E-state index in [2.05, 4.69) is 0 Å². The number of phenolic OH excluding ortho intramolecular Hbond substituents is 1. The summed E-state index contributed by atoms with van der Waals surface area (Å²) >= 11 is 0. The molecule has 1 atom stereocenters. The zero-order valence-electron chi connectivity index (χ0n) is 10.3. The number of nitrogens with two attached hydrogens (primary N) is 1. The molecule has 0 radical (unpaired) electrons. The molecule has 4 heteroatoms. The Morgan fingerprint density at radius 1 is 1.24 bits per heavy atom. The van der Waals surface area contributed by atoms with Crippen LogP contribution in [0.4, 0.5) is 0 Å². The van der Waals surface area contributed by atoms with Crippen molar-refractivity contribution in [1.82, 2.24) is 0 Å². The van der Waals surface area contributed by atoms with Gasteiger partial charge in [-0.25, -0.2) is 0 Å². The highest BCUT2D eigenvalue weighted by Gasteiger charge is 2.27. The molecule has 1 saturated carbocycles. The van der Waals surface area contributed by atoms with E-state index < -0.39 is 0 Å². The molecule has 2 rings (SSSR count). The summed E-state index contributed by atoms with van der Waals surface area (Å²) in [6, 6.07) is 3.58. The molecule has 94 valence electrons. The summed E-state index contributed by atoms with van der Waals surface area (Å²) in [5, 5.41) is 9.81. The van der Waals surface area contributed by atoms with Gasteiger partial charge in [-0.05, 0) is 36.5 Å². The quantitative estimate of drug-likeness (QED) is 0.842. The molecule has 1 aliphatic carbocycles. The van der Waals surface area contributed by atoms with Gasteiger partial charge in [0.05, 0.1) is 14.2 Å². The Kier molecular flexibility index (Phi) is 3.43. The second kappa shape index (κ2) is 4.84. The Bertz CT molecular complexity index is 377. The fourth-order valence-corrected chi connectivity index (χ4v) is 2.18. The van der Waals surface area contributed by atoms with Crippen LogP contribution in [0.1, 0.15) is 30.9 Å². The molecule has 0 unspecified atom stereocenters. The van der Waals surface area contributed by atoms with Crippen LogP contribution in [0, 0.1) is 5.92 Å². The molecule has 1 aromatic rings. The number of phenols is 1. The van der Waals surface area contributed by atoms with E-state index in [1.165, 1.54) is 33.5 Å². The maximum Gasteiger partial charge on any atom is 0.200 e. The predicted octanol–water partition coefficient (Wildman–Crippen LogP) is 2.21. The maximum absolute atomic E-state index is 9.81. The first-order valence-corrected chi connectivity index (χ1v) is 5.87. The summed E-state index contributed by atoms with van der Waals surface area (Å²) in [4.78, 5) is 0. The summed E-state index contributed by atoms with van der Waals surface area (Å²) in [5.41, 5.74) is 7.16. The summed E-state index contributed by atoms with van der Waals surface area (Å²) < 4.78 is 10.2. The Morgan fingerprint density at radius 2 is 1.76 bits per heavy atom. The highest BCUT2D eigenvalue weighted by atomic mass is 16.5. The van der Waals surface area contributed by atoms with Crippen LogP contribution in [0.3, 0.4) is 0 Å². The van der Waals surface area contributed by atoms with Crippen molar-refractivity contribution in [2.45, 2.75) is 25.3 Å². The molecular formula is C13H19NO3. The number of benzene rings is 1. The topological polar surface area (TPSA) is 64.7 Å². The molecule has 1 fully saturated rings. The number of ether oxygens (including phenoxy) is 2. The van der Waals surface area contributed by atoms with Crippen molar-refractivity contribution in [3.05, 3.63) is 17.7 Å². The largest absolute Gasteiger partial charge is 0.502 e. The molecule has 4 nitrogen and oxygen atoms in total. The van der Waals surface area contributed by atoms with Gasteiger partial charge in [0, 0.05) is 6.04 Å². The third-order valence-corrected chi connectivity index (χ3v) is 3.54. The summed E-state index contributed by atoms with van der Waals surface area (Å²) in [6.07, 6.45) is 3.60. The highest BCUT2D eigenvalue weighted by molar-refractivity contribution is 5.53. The minimum absolute atomic E-state index is 0.00727. The number of rotatable bonds is 4. The van der Waals surface area contributed by atoms with Crippen molar-refractivity contribution in [3.8, 4) is 17.2 Å². The van der Waals surface area contributed by atoms with E-state index >= 15 is 0 Å². The molecule has 0 aliphatic heterocycles. The van der Waals surface area contributed by atoms with Crippen molar-refractivity contribution in [3.63, 3.8) is 0 Å².